The van der Waals surface area contributed by atoms with Crippen molar-refractivity contribution in [1.82, 2.24) is 9.62 Å². The molecule has 0 unspecified atom stereocenters. The molecular weight excluding hydrogens is 454 g/mol. The molecule has 12 heteroatoms. The predicted molar refractivity (Wildman–Crippen MR) is 106 cm³/mol. The molecule has 0 saturated heterocycles. The molecule has 0 spiro atoms. The maximum Gasteiger partial charge on any atom is 0.573 e. The van der Waals surface area contributed by atoms with Gasteiger partial charge in [0.2, 0.25) is 10.0 Å². The number of nitrogens with one attached hydrogen (secondary N) is 1. The first-order valence-corrected chi connectivity index (χ1v) is 10.3. The van der Waals surface area contributed by atoms with Gasteiger partial charge in [0.15, 0.2) is 5.75 Å². The largest absolute Gasteiger partial charge is 0.573 e. The summed E-state index contributed by atoms with van der Waals surface area (Å²) in [5, 5.41) is 0.569. The third-order valence-corrected chi connectivity index (χ3v) is 5.92. The van der Waals surface area contributed by atoms with E-state index >= 15 is 0 Å². The number of likely N-dealkylation sites (N-methyl/N-ethyl adjacent to an activating group) is 1. The lowest BCUT2D eigenvalue weighted by Crippen LogP contribution is -2.35. The molecule has 3 N–H and O–H groups in total. The molecule has 0 bridgehead atoms. The number of nitrogen functional groups attached to an aromatic ring is 1. The van der Waals surface area contributed by atoms with E-state index in [-0.39, 0.29) is 16.5 Å². The fraction of sp³-hybridized carbons (Fsp3) is 0.294. The Bertz CT molecular complexity index is 986. The van der Waals surface area contributed by atoms with Crippen molar-refractivity contribution in [1.29, 1.82) is 0 Å². The smallest absolute Gasteiger partial charge is 0.404 e. The molecule has 0 saturated carbocycles. The number of hydrogen-bond donors (Lipinski definition) is 2. The molecule has 6 nitrogen and oxygen atoms in total. The summed E-state index contributed by atoms with van der Waals surface area (Å²) in [6.45, 7) is 0.280. The molecule has 2 aromatic rings. The lowest BCUT2D eigenvalue weighted by atomic mass is 10.1. The molecule has 0 amide bonds. The van der Waals surface area contributed by atoms with Gasteiger partial charge >= 0.3 is 6.36 Å². The van der Waals surface area contributed by atoms with Crippen LogP contribution >= 0.6 is 23.2 Å². The Morgan fingerprint density at radius 1 is 1.14 bits per heavy atom. The van der Waals surface area contributed by atoms with E-state index in [1.807, 2.05) is 0 Å². The van der Waals surface area contributed by atoms with Gasteiger partial charge in [0.05, 0.1) is 26.7 Å². The minimum atomic E-state index is -4.95. The highest BCUT2D eigenvalue weighted by atomic mass is 35.5. The van der Waals surface area contributed by atoms with Crippen LogP contribution in [0.3, 0.4) is 0 Å². The molecule has 0 aliphatic heterocycles. The van der Waals surface area contributed by atoms with Crippen molar-refractivity contribution in [3.8, 4) is 5.75 Å². The van der Waals surface area contributed by atoms with Gasteiger partial charge in [-0.25, -0.2) is 13.1 Å². The average molecular weight is 472 g/mol. The predicted octanol–water partition coefficient (Wildman–Crippen LogP) is 4.06. The average Bonchev–Trinajstić information content (AvgIpc) is 2.56. The second kappa shape index (κ2) is 8.97. The molecule has 2 aromatic carbocycles. The fourth-order valence-electron chi connectivity index (χ4n) is 2.47. The van der Waals surface area contributed by atoms with Crippen molar-refractivity contribution >= 4 is 38.9 Å². The lowest BCUT2D eigenvalue weighted by Gasteiger charge is -2.23. The second-order valence-corrected chi connectivity index (χ2v) is 8.89. The first kappa shape index (κ1) is 23.6. The van der Waals surface area contributed by atoms with Crippen molar-refractivity contribution in [2.45, 2.75) is 17.3 Å². The maximum absolute atomic E-state index is 12.8. The van der Waals surface area contributed by atoms with E-state index in [1.54, 1.807) is 25.1 Å². The first-order valence-electron chi connectivity index (χ1n) is 8.06. The number of nitrogens with zero attached hydrogens (tertiary/aromatic N) is 1. The lowest BCUT2D eigenvalue weighted by molar-refractivity contribution is -0.274. The van der Waals surface area contributed by atoms with E-state index in [2.05, 4.69) is 9.46 Å². The van der Waals surface area contributed by atoms with Crippen LogP contribution in [-0.4, -0.2) is 40.3 Å². The molecule has 0 aliphatic carbocycles. The number of sulfonamides is 1. The van der Waals surface area contributed by atoms with Crippen molar-refractivity contribution in [3.05, 3.63) is 52.0 Å². The molecule has 0 heterocycles. The molecule has 1 atom stereocenters. The number of nitrogens with two attached hydrogens (primary N) is 1. The summed E-state index contributed by atoms with van der Waals surface area (Å²) in [4.78, 5) is 1.44. The van der Waals surface area contributed by atoms with E-state index in [9.17, 15) is 21.6 Å². The van der Waals surface area contributed by atoms with Gasteiger partial charge in [-0.05, 0) is 50.0 Å². The van der Waals surface area contributed by atoms with Crippen molar-refractivity contribution in [3.63, 3.8) is 0 Å². The van der Waals surface area contributed by atoms with Gasteiger partial charge in [-0.3, -0.25) is 0 Å². The number of halogens is 5. The zero-order valence-electron chi connectivity index (χ0n) is 15.3. The third kappa shape index (κ3) is 6.65. The fourth-order valence-corrected chi connectivity index (χ4v) is 4.03. The first-order chi connectivity index (χ1) is 13.3. The minimum Gasteiger partial charge on any atom is -0.404 e. The van der Waals surface area contributed by atoms with Crippen LogP contribution in [0.15, 0.2) is 41.3 Å². The topological polar surface area (TPSA) is 84.7 Å². The Morgan fingerprint density at radius 3 is 2.31 bits per heavy atom. The summed E-state index contributed by atoms with van der Waals surface area (Å²) >= 11 is 11.9. The number of hydrogen-bond acceptors (Lipinski definition) is 5. The summed E-state index contributed by atoms with van der Waals surface area (Å²) in [5.41, 5.74) is 5.62. The third-order valence-electron chi connectivity index (χ3n) is 3.71. The highest BCUT2D eigenvalue weighted by Crippen LogP contribution is 2.31. The Hall–Kier alpha value is -1.72. The van der Waals surface area contributed by atoms with Crippen LogP contribution in [0, 0.1) is 0 Å². The van der Waals surface area contributed by atoms with Gasteiger partial charge in [0, 0.05) is 6.54 Å². The van der Waals surface area contributed by atoms with E-state index in [1.165, 1.54) is 12.1 Å². The Labute approximate surface area is 176 Å². The van der Waals surface area contributed by atoms with Gasteiger partial charge in [-0.1, -0.05) is 29.3 Å². The van der Waals surface area contributed by atoms with Crippen molar-refractivity contribution in [2.24, 2.45) is 0 Å². The number of benzene rings is 2. The Balaban J connectivity index is 2.34. The summed E-state index contributed by atoms with van der Waals surface area (Å²) in [5.74, 6) is -0.689. The van der Waals surface area contributed by atoms with E-state index in [0.717, 1.165) is 18.2 Å². The van der Waals surface area contributed by atoms with E-state index < -0.39 is 33.9 Å². The summed E-state index contributed by atoms with van der Waals surface area (Å²) in [7, 11) is -0.629. The van der Waals surface area contributed by atoms with Crippen LogP contribution in [0.25, 0.3) is 0 Å². The Morgan fingerprint density at radius 2 is 1.79 bits per heavy atom. The normalized spacial score (nSPS) is 13.5. The monoisotopic (exact) mass is 471 g/mol. The number of ether oxygens (including phenoxy) is 1. The van der Waals surface area contributed by atoms with Gasteiger partial charge in [-0.15, -0.1) is 13.2 Å². The number of anilines is 1. The second-order valence-electron chi connectivity index (χ2n) is 6.36. The van der Waals surface area contributed by atoms with Crippen LogP contribution in [0.1, 0.15) is 11.6 Å². The standard InChI is InChI=1S/C17H18Cl2F3N3O3S/c1-25(2)9-15(10-3-5-12(18)13(19)7-10)24-29(26,27)11-4-6-16(14(23)8-11)28-17(20,21)22/h3-8,15,24H,9,23H2,1-2H3/t15-/m1/s1. The highest BCUT2D eigenvalue weighted by molar-refractivity contribution is 7.89. The molecule has 0 aliphatic rings. The van der Waals surface area contributed by atoms with Crippen LogP contribution in [0.5, 0.6) is 5.75 Å². The molecule has 0 fully saturated rings. The zero-order chi connectivity index (χ0) is 22.0. The van der Waals surface area contributed by atoms with Crippen LogP contribution in [-0.2, 0) is 10.0 Å². The molecule has 160 valence electrons. The molecule has 29 heavy (non-hydrogen) atoms. The van der Waals surface area contributed by atoms with E-state index in [0.29, 0.717) is 10.6 Å². The van der Waals surface area contributed by atoms with Crippen LogP contribution in [0.4, 0.5) is 18.9 Å². The molecule has 0 radical (unpaired) electrons. The molecular formula is C17H18Cl2F3N3O3S. The van der Waals surface area contributed by atoms with Gasteiger partial charge in [-0.2, -0.15) is 0 Å². The highest BCUT2D eigenvalue weighted by Gasteiger charge is 2.32. The quantitative estimate of drug-likeness (QED) is 0.594. The molecule has 2 rings (SSSR count). The number of alkyl halides is 3. The van der Waals surface area contributed by atoms with Gasteiger partial charge in [0.25, 0.3) is 0 Å². The van der Waals surface area contributed by atoms with Crippen molar-refractivity contribution < 1.29 is 26.3 Å². The molecule has 0 aromatic heterocycles. The Kier molecular flexibility index (Phi) is 7.28. The maximum atomic E-state index is 12.8. The SMILES string of the molecule is CN(C)C[C@@H](NS(=O)(=O)c1ccc(OC(F)(F)F)c(N)c1)c1ccc(Cl)c(Cl)c1. The van der Waals surface area contributed by atoms with E-state index in [4.69, 9.17) is 28.9 Å². The van der Waals surface area contributed by atoms with Crippen LogP contribution in [0.2, 0.25) is 10.0 Å². The van der Waals surface area contributed by atoms with Crippen LogP contribution < -0.4 is 15.2 Å². The summed E-state index contributed by atoms with van der Waals surface area (Å²) in [6, 6.07) is 6.70. The minimum absolute atomic E-state index is 0.255. The van der Waals surface area contributed by atoms with Crippen molar-refractivity contribution in [2.75, 3.05) is 26.4 Å². The number of rotatable bonds is 7. The summed E-state index contributed by atoms with van der Waals surface area (Å²) < 4.78 is 68.9. The van der Waals surface area contributed by atoms with Gasteiger partial charge < -0.3 is 15.4 Å². The zero-order valence-corrected chi connectivity index (χ0v) is 17.6. The summed E-state index contributed by atoms with van der Waals surface area (Å²) in [6.07, 6.45) is -4.95. The van der Waals surface area contributed by atoms with Gasteiger partial charge in [0.1, 0.15) is 0 Å².